The van der Waals surface area contributed by atoms with Crippen molar-refractivity contribution in [2.45, 2.75) is 24.5 Å². The average molecular weight is 994 g/mol. The van der Waals surface area contributed by atoms with Crippen molar-refractivity contribution in [3.05, 3.63) is 206 Å². The molecule has 0 radical (unpaired) electrons. The Kier molecular flexibility index (Phi) is 13.2. The minimum Gasteiger partial charge on any atom is -0.495 e. The Morgan fingerprint density at radius 1 is 0.716 bits per heavy atom. The first-order chi connectivity index (χ1) is 32.6. The first kappa shape index (κ1) is 44.9. The molecular weight excluding hydrogens is 956 g/mol. The number of nitrogens with one attached hydrogen (secondary N) is 1. The van der Waals surface area contributed by atoms with E-state index in [9.17, 15) is 19.8 Å². The van der Waals surface area contributed by atoms with E-state index >= 15 is 0 Å². The summed E-state index contributed by atoms with van der Waals surface area (Å²) in [6.45, 7) is -0.446. The van der Waals surface area contributed by atoms with Gasteiger partial charge in [0, 0.05) is 15.1 Å². The minimum atomic E-state index is -1.48. The van der Waals surface area contributed by atoms with Crippen LogP contribution in [0.4, 0.5) is 0 Å². The van der Waals surface area contributed by atoms with Crippen LogP contribution in [0.5, 0.6) is 5.75 Å². The predicted molar refractivity (Wildman–Crippen MR) is 258 cm³/mol. The van der Waals surface area contributed by atoms with E-state index in [0.717, 1.165) is 10.0 Å². The summed E-state index contributed by atoms with van der Waals surface area (Å²) >= 11 is 16.4. The summed E-state index contributed by atoms with van der Waals surface area (Å²) in [5, 5.41) is 10.9. The molecule has 0 saturated carbocycles. The van der Waals surface area contributed by atoms with Gasteiger partial charge in [0.1, 0.15) is 29.6 Å². The molecule has 0 aliphatic carbocycles. The Morgan fingerprint density at radius 3 is 1.85 bits per heavy atom. The van der Waals surface area contributed by atoms with Gasteiger partial charge in [-0.1, -0.05) is 119 Å². The quantitative estimate of drug-likeness (QED) is 0.0713. The normalized spacial score (nSPS) is 16.6. The Bertz CT molecular complexity index is 3250. The van der Waals surface area contributed by atoms with Crippen LogP contribution >= 0.6 is 39.7 Å². The molecule has 3 heterocycles. The third-order valence-electron chi connectivity index (χ3n) is 11.1. The van der Waals surface area contributed by atoms with E-state index in [1.807, 2.05) is 42.5 Å². The maximum atomic E-state index is 14.3. The Morgan fingerprint density at radius 2 is 1.25 bits per heavy atom. The lowest BCUT2D eigenvalue weighted by molar-refractivity contribution is -0.0617. The lowest BCUT2D eigenvalue weighted by Gasteiger charge is -2.28. The van der Waals surface area contributed by atoms with Crippen molar-refractivity contribution in [3.8, 4) is 33.8 Å². The molecule has 9 rings (SSSR count). The van der Waals surface area contributed by atoms with E-state index in [4.69, 9.17) is 52.5 Å². The van der Waals surface area contributed by atoms with Crippen LogP contribution in [0.25, 0.3) is 39.1 Å². The topological polar surface area (TPSA) is 144 Å². The van der Waals surface area contributed by atoms with Crippen molar-refractivity contribution in [2.24, 2.45) is 0 Å². The number of fused-ring (bicyclic) bond motifs is 1. The number of ether oxygens (including phenoxy) is 5. The minimum absolute atomic E-state index is 0.0228. The number of halogens is 2. The molecule has 1 fully saturated rings. The number of carbonyl (C=O) groups excluding carboxylic acids is 3. The second-order valence-electron chi connectivity index (χ2n) is 15.3. The van der Waals surface area contributed by atoms with Crippen molar-refractivity contribution < 1.29 is 38.1 Å². The summed E-state index contributed by atoms with van der Waals surface area (Å²) in [5.41, 5.74) is 3.69. The lowest BCUT2D eigenvalue weighted by Crippen LogP contribution is -2.42. The molecule has 12 nitrogen and oxygen atoms in total. The monoisotopic (exact) mass is 992 g/mol. The van der Waals surface area contributed by atoms with Crippen molar-refractivity contribution in [1.29, 1.82) is 5.41 Å². The molecule has 0 bridgehead atoms. The number of esters is 3. The second kappa shape index (κ2) is 19.7. The molecule has 15 heteroatoms. The molecule has 0 amide bonds. The summed E-state index contributed by atoms with van der Waals surface area (Å²) in [5.74, 6) is -1.79. The standard InChI is InChI=1S/C52H38BrClN4O8S/c1-62-41-20-12-11-19-40(41)57-46(55)43-38(31-23-27-37(54)28-24-31)29-39(32-21-25-36(53)26-22-32)56-47(43)58(52(57)67)48-45(66-51(61)35-17-9-4-10-18-35)44(65-50(60)34-15-7-3-8-16-34)42(64-48)30-63-49(59)33-13-5-2-6-14-33/h2-29,42,44-45,48,55H,30H2,1H3/t42-,44-,45-,48-/m1/s1. The highest BCUT2D eigenvalue weighted by Gasteiger charge is 2.52. The van der Waals surface area contributed by atoms with Gasteiger partial charge in [-0.3, -0.25) is 14.5 Å². The number of hydrogen-bond donors (Lipinski definition) is 1. The van der Waals surface area contributed by atoms with Crippen LogP contribution in [0.3, 0.4) is 0 Å². The third kappa shape index (κ3) is 9.29. The number of aromatic nitrogens is 3. The van der Waals surface area contributed by atoms with Crippen molar-refractivity contribution in [2.75, 3.05) is 13.7 Å². The van der Waals surface area contributed by atoms with Crippen LogP contribution in [0.1, 0.15) is 37.3 Å². The van der Waals surface area contributed by atoms with Crippen LogP contribution in [0, 0.1) is 10.2 Å². The second-order valence-corrected chi connectivity index (χ2v) is 17.0. The number of para-hydroxylation sites is 2. The molecule has 0 unspecified atom stereocenters. The van der Waals surface area contributed by atoms with Crippen LogP contribution in [0.2, 0.25) is 5.02 Å². The summed E-state index contributed by atoms with van der Waals surface area (Å²) < 4.78 is 35.3. The van der Waals surface area contributed by atoms with Gasteiger partial charge in [-0.15, -0.1) is 0 Å². The Labute approximate surface area is 402 Å². The molecule has 1 saturated heterocycles. The maximum absolute atomic E-state index is 14.3. The van der Waals surface area contributed by atoms with Gasteiger partial charge in [0.05, 0.1) is 40.6 Å². The van der Waals surface area contributed by atoms with Crippen LogP contribution < -0.4 is 10.2 Å². The first-order valence-corrected chi connectivity index (χ1v) is 22.5. The number of hydrogen-bond acceptors (Lipinski definition) is 11. The zero-order chi connectivity index (χ0) is 46.6. The van der Waals surface area contributed by atoms with Gasteiger partial charge < -0.3 is 23.7 Å². The number of carbonyl (C=O) groups is 3. The largest absolute Gasteiger partial charge is 0.495 e. The maximum Gasteiger partial charge on any atom is 0.338 e. The van der Waals surface area contributed by atoms with E-state index < -0.39 is 49.1 Å². The Balaban J connectivity index is 1.33. The highest BCUT2D eigenvalue weighted by Crippen LogP contribution is 2.40. The van der Waals surface area contributed by atoms with Crippen molar-refractivity contribution >= 4 is 68.7 Å². The predicted octanol–water partition coefficient (Wildman–Crippen LogP) is 11.0. The highest BCUT2D eigenvalue weighted by atomic mass is 79.9. The van der Waals surface area contributed by atoms with E-state index in [0.29, 0.717) is 38.7 Å². The molecule has 1 aliphatic rings. The van der Waals surface area contributed by atoms with Crippen LogP contribution in [0.15, 0.2) is 174 Å². The number of nitrogens with zero attached hydrogens (tertiary/aromatic N) is 3. The van der Waals surface area contributed by atoms with Gasteiger partial charge in [-0.2, -0.15) is 0 Å². The number of methoxy groups -OCH3 is 1. The first-order valence-electron chi connectivity index (χ1n) is 20.9. The number of rotatable bonds is 12. The lowest BCUT2D eigenvalue weighted by atomic mass is 9.99. The molecule has 334 valence electrons. The van der Waals surface area contributed by atoms with Crippen molar-refractivity contribution in [1.82, 2.24) is 14.1 Å². The van der Waals surface area contributed by atoms with Gasteiger partial charge >= 0.3 is 17.9 Å². The molecule has 1 aliphatic heterocycles. The molecule has 6 aromatic carbocycles. The van der Waals surface area contributed by atoms with Gasteiger partial charge in [0.15, 0.2) is 23.2 Å². The van der Waals surface area contributed by atoms with E-state index in [-0.39, 0.29) is 32.6 Å². The van der Waals surface area contributed by atoms with Gasteiger partial charge in [-0.05, 0) is 102 Å². The van der Waals surface area contributed by atoms with Gasteiger partial charge in [0.2, 0.25) is 0 Å². The molecule has 4 atom stereocenters. The molecule has 1 N–H and O–H groups in total. The zero-order valence-corrected chi connectivity index (χ0v) is 38.6. The SMILES string of the molecule is COc1ccccc1-n1c(=N)c2c(-c3ccc(Cl)cc3)cc(-c3ccc(Br)cc3)nc2n([C@@H]2O[C@H](COC(=O)c3ccccc3)[C@@H](OC(=O)c3ccccc3)[C@H]2OC(=O)c2ccccc2)c1=S. The summed E-state index contributed by atoms with van der Waals surface area (Å²) in [6.07, 6.45) is -5.58. The fraction of sp³-hybridized carbons (Fsp3) is 0.115. The van der Waals surface area contributed by atoms with Crippen LogP contribution in [-0.2, 0) is 18.9 Å². The molecule has 8 aromatic rings. The molecule has 0 spiro atoms. The van der Waals surface area contributed by atoms with E-state index in [2.05, 4.69) is 15.9 Å². The zero-order valence-electron chi connectivity index (χ0n) is 35.5. The molecule has 67 heavy (non-hydrogen) atoms. The average Bonchev–Trinajstić information content (AvgIpc) is 3.68. The third-order valence-corrected chi connectivity index (χ3v) is 12.3. The summed E-state index contributed by atoms with van der Waals surface area (Å²) in [4.78, 5) is 47.2. The highest BCUT2D eigenvalue weighted by molar-refractivity contribution is 9.10. The molecular formula is C52H38BrClN4O8S. The summed E-state index contributed by atoms with van der Waals surface area (Å²) in [6, 6.07) is 48.7. The van der Waals surface area contributed by atoms with Crippen molar-refractivity contribution in [3.63, 3.8) is 0 Å². The van der Waals surface area contributed by atoms with E-state index in [1.54, 1.807) is 132 Å². The smallest absolute Gasteiger partial charge is 0.338 e. The van der Waals surface area contributed by atoms with Gasteiger partial charge in [0.25, 0.3) is 0 Å². The fourth-order valence-corrected chi connectivity index (χ4v) is 8.67. The Hall–Kier alpha value is -7.23. The van der Waals surface area contributed by atoms with Crippen LogP contribution in [-0.4, -0.2) is 64.1 Å². The molecule has 2 aromatic heterocycles. The number of pyridine rings is 1. The number of benzene rings is 6. The summed E-state index contributed by atoms with van der Waals surface area (Å²) in [7, 11) is 1.51. The van der Waals surface area contributed by atoms with E-state index in [1.165, 1.54) is 11.7 Å². The van der Waals surface area contributed by atoms with Gasteiger partial charge in [-0.25, -0.2) is 19.4 Å². The fourth-order valence-electron chi connectivity index (χ4n) is 7.90.